The van der Waals surface area contributed by atoms with Crippen LogP contribution in [-0.2, 0) is 16.0 Å². The van der Waals surface area contributed by atoms with Gasteiger partial charge in [-0.1, -0.05) is 35.9 Å². The Morgan fingerprint density at radius 2 is 1.90 bits per heavy atom. The predicted octanol–water partition coefficient (Wildman–Crippen LogP) is 3.96. The second-order valence-electron chi connectivity index (χ2n) is 6.76. The summed E-state index contributed by atoms with van der Waals surface area (Å²) in [6, 6.07) is 10.9. The number of esters is 1. The van der Waals surface area contributed by atoms with E-state index >= 15 is 0 Å². The van der Waals surface area contributed by atoms with Gasteiger partial charge in [0, 0.05) is 6.54 Å². The van der Waals surface area contributed by atoms with E-state index < -0.39 is 5.97 Å². The number of benzene rings is 2. The van der Waals surface area contributed by atoms with Crippen LogP contribution in [0.4, 0.5) is 0 Å². The molecule has 0 aliphatic carbocycles. The number of nitrogens with one attached hydrogen (secondary N) is 1. The van der Waals surface area contributed by atoms with E-state index in [-0.39, 0.29) is 29.2 Å². The highest BCUT2D eigenvalue weighted by molar-refractivity contribution is 6.32. The van der Waals surface area contributed by atoms with Gasteiger partial charge in [-0.25, -0.2) is 4.79 Å². The number of ether oxygens (including phenoxy) is 3. The first kappa shape index (κ1) is 22.6. The van der Waals surface area contributed by atoms with Gasteiger partial charge in [0.1, 0.15) is 0 Å². The highest BCUT2D eigenvalue weighted by atomic mass is 35.5. The summed E-state index contributed by atoms with van der Waals surface area (Å²) in [6.07, 6.45) is 0.596. The lowest BCUT2D eigenvalue weighted by Crippen LogP contribution is -2.30. The molecule has 0 aliphatic heterocycles. The maximum Gasteiger partial charge on any atom is 0.338 e. The van der Waals surface area contributed by atoms with E-state index in [9.17, 15) is 9.59 Å². The van der Waals surface area contributed by atoms with Crippen molar-refractivity contribution in [3.05, 3.63) is 58.1 Å². The fourth-order valence-electron chi connectivity index (χ4n) is 2.68. The quantitative estimate of drug-likeness (QED) is 0.623. The van der Waals surface area contributed by atoms with E-state index in [4.69, 9.17) is 25.8 Å². The lowest BCUT2D eigenvalue weighted by Gasteiger charge is -2.16. The smallest absolute Gasteiger partial charge is 0.338 e. The van der Waals surface area contributed by atoms with Gasteiger partial charge in [0.15, 0.2) is 18.1 Å². The van der Waals surface area contributed by atoms with Crippen LogP contribution >= 0.6 is 11.6 Å². The Morgan fingerprint density at radius 1 is 1.17 bits per heavy atom. The molecule has 0 bridgehead atoms. The Balaban J connectivity index is 1.89. The standard InChI is InChI=1S/C22H26ClNO5/c1-14(2)29-21-18(23)11-17(12-19(21)27-4)22(26)28-13-20(25)24-10-9-16-8-6-5-7-15(16)3/h5-8,11-12,14H,9-10,13H2,1-4H3,(H,24,25). The van der Waals surface area contributed by atoms with Gasteiger partial charge in [-0.3, -0.25) is 4.79 Å². The predicted molar refractivity (Wildman–Crippen MR) is 112 cm³/mol. The van der Waals surface area contributed by atoms with E-state index in [2.05, 4.69) is 5.32 Å². The summed E-state index contributed by atoms with van der Waals surface area (Å²) in [5.41, 5.74) is 2.51. The third-order valence-electron chi connectivity index (χ3n) is 4.13. The molecule has 0 fully saturated rings. The number of halogens is 1. The Bertz CT molecular complexity index is 866. The number of carbonyl (C=O) groups is 2. The molecule has 0 aliphatic rings. The number of hydrogen-bond acceptors (Lipinski definition) is 5. The SMILES string of the molecule is COc1cc(C(=O)OCC(=O)NCCc2ccccc2C)cc(Cl)c1OC(C)C. The largest absolute Gasteiger partial charge is 0.493 e. The Morgan fingerprint density at radius 3 is 2.55 bits per heavy atom. The third-order valence-corrected chi connectivity index (χ3v) is 4.41. The zero-order valence-electron chi connectivity index (χ0n) is 17.1. The minimum Gasteiger partial charge on any atom is -0.493 e. The van der Waals surface area contributed by atoms with Gasteiger partial charge in [0.05, 0.1) is 23.8 Å². The van der Waals surface area contributed by atoms with Gasteiger partial charge < -0.3 is 19.5 Å². The molecule has 29 heavy (non-hydrogen) atoms. The van der Waals surface area contributed by atoms with Gasteiger partial charge in [0.25, 0.3) is 5.91 Å². The molecule has 2 rings (SSSR count). The van der Waals surface area contributed by atoms with Crippen molar-refractivity contribution in [1.82, 2.24) is 5.32 Å². The molecule has 0 radical (unpaired) electrons. The third kappa shape index (κ3) is 6.68. The first-order valence-corrected chi connectivity index (χ1v) is 9.72. The normalized spacial score (nSPS) is 10.6. The van der Waals surface area contributed by atoms with Crippen molar-refractivity contribution >= 4 is 23.5 Å². The average molecular weight is 420 g/mol. The summed E-state index contributed by atoms with van der Waals surface area (Å²) >= 11 is 6.21. The van der Waals surface area contributed by atoms with Gasteiger partial charge in [-0.2, -0.15) is 0 Å². The van der Waals surface area contributed by atoms with Crippen LogP contribution in [0.15, 0.2) is 36.4 Å². The first-order chi connectivity index (χ1) is 13.8. The van der Waals surface area contributed by atoms with E-state index in [0.717, 1.165) is 5.56 Å². The molecule has 2 aromatic carbocycles. The van der Waals surface area contributed by atoms with E-state index in [1.54, 1.807) is 0 Å². The number of methoxy groups -OCH3 is 1. The molecule has 1 amide bonds. The van der Waals surface area contributed by atoms with Crippen molar-refractivity contribution < 1.29 is 23.8 Å². The molecule has 2 aromatic rings. The van der Waals surface area contributed by atoms with Crippen molar-refractivity contribution in [1.29, 1.82) is 0 Å². The van der Waals surface area contributed by atoms with Crippen molar-refractivity contribution in [2.75, 3.05) is 20.3 Å². The van der Waals surface area contributed by atoms with Crippen LogP contribution in [-0.4, -0.2) is 38.2 Å². The van der Waals surface area contributed by atoms with Gasteiger partial charge in [-0.05, 0) is 50.5 Å². The molecule has 0 heterocycles. The van der Waals surface area contributed by atoms with Gasteiger partial charge >= 0.3 is 5.97 Å². The second kappa shape index (κ2) is 10.7. The maximum atomic E-state index is 12.3. The fourth-order valence-corrected chi connectivity index (χ4v) is 2.94. The Hall–Kier alpha value is -2.73. The minimum absolute atomic E-state index is 0.109. The van der Waals surface area contributed by atoms with Crippen molar-refractivity contribution in [3.63, 3.8) is 0 Å². The monoisotopic (exact) mass is 419 g/mol. The molecule has 0 saturated heterocycles. The number of amides is 1. The first-order valence-electron chi connectivity index (χ1n) is 9.34. The second-order valence-corrected chi connectivity index (χ2v) is 7.17. The van der Waals surface area contributed by atoms with Crippen molar-refractivity contribution in [3.8, 4) is 11.5 Å². The van der Waals surface area contributed by atoms with Gasteiger partial charge in [-0.15, -0.1) is 0 Å². The zero-order valence-corrected chi connectivity index (χ0v) is 17.8. The van der Waals surface area contributed by atoms with E-state index in [1.807, 2.05) is 45.0 Å². The lowest BCUT2D eigenvalue weighted by atomic mass is 10.1. The molecule has 0 unspecified atom stereocenters. The Labute approximate surface area is 176 Å². The molecule has 6 nitrogen and oxygen atoms in total. The number of hydrogen-bond donors (Lipinski definition) is 1. The number of rotatable bonds is 9. The molecule has 0 saturated carbocycles. The summed E-state index contributed by atoms with van der Waals surface area (Å²) < 4.78 is 16.0. The summed E-state index contributed by atoms with van der Waals surface area (Å²) in [7, 11) is 1.45. The molecule has 1 N–H and O–H groups in total. The van der Waals surface area contributed by atoms with E-state index in [1.165, 1.54) is 24.8 Å². The minimum atomic E-state index is -0.671. The molecule has 7 heteroatoms. The Kier molecular flexibility index (Phi) is 8.34. The van der Waals surface area contributed by atoms with Crippen LogP contribution in [0, 0.1) is 6.92 Å². The number of aryl methyl sites for hydroxylation is 1. The van der Waals surface area contributed by atoms with Crippen LogP contribution in [0.3, 0.4) is 0 Å². The van der Waals surface area contributed by atoms with E-state index in [0.29, 0.717) is 24.5 Å². The summed E-state index contributed by atoms with van der Waals surface area (Å²) in [4.78, 5) is 24.2. The summed E-state index contributed by atoms with van der Waals surface area (Å²) in [5, 5.41) is 2.97. The summed E-state index contributed by atoms with van der Waals surface area (Å²) in [5.74, 6) is -0.365. The zero-order chi connectivity index (χ0) is 21.4. The molecule has 156 valence electrons. The van der Waals surface area contributed by atoms with Crippen LogP contribution in [0.1, 0.15) is 35.3 Å². The maximum absolute atomic E-state index is 12.3. The molecule has 0 spiro atoms. The average Bonchev–Trinajstić information content (AvgIpc) is 2.68. The van der Waals surface area contributed by atoms with Crippen molar-refractivity contribution in [2.45, 2.75) is 33.3 Å². The highest BCUT2D eigenvalue weighted by Gasteiger charge is 2.18. The molecular formula is C22H26ClNO5. The molecular weight excluding hydrogens is 394 g/mol. The fraction of sp³-hybridized carbons (Fsp3) is 0.364. The number of carbonyl (C=O) groups excluding carboxylic acids is 2. The summed E-state index contributed by atoms with van der Waals surface area (Å²) in [6.45, 7) is 5.82. The van der Waals surface area contributed by atoms with Crippen molar-refractivity contribution in [2.24, 2.45) is 0 Å². The van der Waals surface area contributed by atoms with Crippen LogP contribution in [0.2, 0.25) is 5.02 Å². The molecule has 0 aromatic heterocycles. The molecule has 0 atom stereocenters. The van der Waals surface area contributed by atoms with Crippen LogP contribution in [0.5, 0.6) is 11.5 Å². The lowest BCUT2D eigenvalue weighted by molar-refractivity contribution is -0.124. The highest BCUT2D eigenvalue weighted by Crippen LogP contribution is 2.37. The van der Waals surface area contributed by atoms with Crippen LogP contribution in [0.25, 0.3) is 0 Å². The topological polar surface area (TPSA) is 73.9 Å². The van der Waals surface area contributed by atoms with Crippen LogP contribution < -0.4 is 14.8 Å². The van der Waals surface area contributed by atoms with Gasteiger partial charge in [0.2, 0.25) is 0 Å².